The summed E-state index contributed by atoms with van der Waals surface area (Å²) < 4.78 is 6.03. The highest BCUT2D eigenvalue weighted by atomic mass is 16.5. The first kappa shape index (κ1) is 27.4. The normalized spacial score (nSPS) is 19.1. The maximum Gasteiger partial charge on any atom is 0.249 e. The van der Waals surface area contributed by atoms with E-state index in [4.69, 9.17) is 4.74 Å². The number of amides is 3. The van der Waals surface area contributed by atoms with Gasteiger partial charge in [-0.1, -0.05) is 54.6 Å². The Morgan fingerprint density at radius 1 is 0.905 bits per heavy atom. The first-order valence-electron chi connectivity index (χ1n) is 14.1. The molecule has 2 atom stereocenters. The summed E-state index contributed by atoms with van der Waals surface area (Å²) in [4.78, 5) is 45.6. The maximum absolute atomic E-state index is 13.6. The first-order chi connectivity index (χ1) is 20.5. The van der Waals surface area contributed by atoms with Gasteiger partial charge in [-0.2, -0.15) is 0 Å². The van der Waals surface area contributed by atoms with Crippen LogP contribution in [0.2, 0.25) is 0 Å². The van der Waals surface area contributed by atoms with Crippen LogP contribution in [0.3, 0.4) is 0 Å². The number of para-hydroxylation sites is 1. The van der Waals surface area contributed by atoms with E-state index in [0.29, 0.717) is 25.3 Å². The van der Waals surface area contributed by atoms with Crippen LogP contribution in [0.25, 0.3) is 10.9 Å². The summed E-state index contributed by atoms with van der Waals surface area (Å²) >= 11 is 0. The van der Waals surface area contributed by atoms with Crippen molar-refractivity contribution < 1.29 is 24.3 Å². The molecule has 1 saturated heterocycles. The van der Waals surface area contributed by atoms with Crippen LogP contribution in [0.4, 0.5) is 5.69 Å². The molecule has 0 spiro atoms. The molecule has 9 heteroatoms. The van der Waals surface area contributed by atoms with Crippen LogP contribution in [0, 0.1) is 11.8 Å². The minimum atomic E-state index is -0.873. The smallest absolute Gasteiger partial charge is 0.249 e. The molecule has 1 aromatic heterocycles. The molecule has 2 fully saturated rings. The summed E-state index contributed by atoms with van der Waals surface area (Å²) in [5.74, 6) is -1.85. The van der Waals surface area contributed by atoms with Crippen LogP contribution < -0.4 is 15.5 Å². The molecule has 3 amide bonds. The standard InChI is InChI=1S/C33H32N4O5/c38-30(35-24-12-10-22(11-13-24)21-42-29-14-18-34-28-9-5-4-8-26(28)29)25-15-19-37(20-27(25)31(39)36-41)32(40)33(16-17-33)23-6-2-1-3-7-23/h1-14,18,25,27,41H,15-17,19-21H2,(H,35,38)(H,36,39)/t25-,27-/m0/s1. The lowest BCUT2D eigenvalue weighted by Gasteiger charge is -2.38. The van der Waals surface area contributed by atoms with Crippen LogP contribution >= 0.6 is 0 Å². The van der Waals surface area contributed by atoms with Gasteiger partial charge in [0.05, 0.1) is 22.8 Å². The number of likely N-dealkylation sites (tertiary alicyclic amines) is 1. The third kappa shape index (κ3) is 5.43. The molecule has 1 saturated carbocycles. The van der Waals surface area contributed by atoms with E-state index in [-0.39, 0.29) is 18.4 Å². The second-order valence-electron chi connectivity index (χ2n) is 11.0. The Hall–Kier alpha value is -4.76. The molecule has 42 heavy (non-hydrogen) atoms. The Morgan fingerprint density at radius 3 is 2.38 bits per heavy atom. The number of piperidine rings is 1. The van der Waals surface area contributed by atoms with Crippen LogP contribution in [-0.4, -0.2) is 45.9 Å². The Morgan fingerprint density at radius 2 is 1.64 bits per heavy atom. The number of anilines is 1. The minimum Gasteiger partial charge on any atom is -0.488 e. The van der Waals surface area contributed by atoms with E-state index in [2.05, 4.69) is 10.3 Å². The molecule has 214 valence electrons. The van der Waals surface area contributed by atoms with E-state index < -0.39 is 23.2 Å². The second-order valence-corrected chi connectivity index (χ2v) is 11.0. The zero-order chi connectivity index (χ0) is 29.1. The summed E-state index contributed by atoms with van der Waals surface area (Å²) in [7, 11) is 0. The van der Waals surface area contributed by atoms with Gasteiger partial charge < -0.3 is 15.0 Å². The fraction of sp³-hybridized carbons (Fsp3) is 0.273. The van der Waals surface area contributed by atoms with E-state index in [1.807, 2.05) is 72.8 Å². The molecule has 1 aliphatic carbocycles. The van der Waals surface area contributed by atoms with Gasteiger partial charge in [-0.3, -0.25) is 24.6 Å². The zero-order valence-electron chi connectivity index (χ0n) is 23.0. The Labute approximate surface area is 243 Å². The topological polar surface area (TPSA) is 121 Å². The number of fused-ring (bicyclic) bond motifs is 1. The lowest BCUT2D eigenvalue weighted by Crippen LogP contribution is -2.53. The van der Waals surface area contributed by atoms with Crippen LogP contribution in [-0.2, 0) is 26.4 Å². The van der Waals surface area contributed by atoms with Crippen molar-refractivity contribution in [3.63, 3.8) is 0 Å². The van der Waals surface area contributed by atoms with Crippen molar-refractivity contribution in [2.45, 2.75) is 31.3 Å². The predicted octanol–water partition coefficient (Wildman–Crippen LogP) is 4.45. The molecule has 0 unspecified atom stereocenters. The average Bonchev–Trinajstić information content (AvgIpc) is 3.86. The number of hydrogen-bond acceptors (Lipinski definition) is 6. The summed E-state index contributed by atoms with van der Waals surface area (Å²) in [6.45, 7) is 0.774. The van der Waals surface area contributed by atoms with Crippen LogP contribution in [0.1, 0.15) is 30.4 Å². The Balaban J connectivity index is 1.09. The van der Waals surface area contributed by atoms with Gasteiger partial charge in [-0.15, -0.1) is 0 Å². The molecule has 2 heterocycles. The Bertz CT molecular complexity index is 1600. The number of hydrogen-bond donors (Lipinski definition) is 3. The number of nitrogens with zero attached hydrogens (tertiary/aromatic N) is 2. The molecule has 0 radical (unpaired) electrons. The molecule has 0 bridgehead atoms. The summed E-state index contributed by atoms with van der Waals surface area (Å²) in [5, 5.41) is 13.3. The lowest BCUT2D eigenvalue weighted by atomic mass is 9.83. The van der Waals surface area contributed by atoms with E-state index in [1.54, 1.807) is 28.7 Å². The molecule has 4 aromatic rings. The third-order valence-electron chi connectivity index (χ3n) is 8.39. The third-order valence-corrected chi connectivity index (χ3v) is 8.39. The fourth-order valence-corrected chi connectivity index (χ4v) is 5.89. The van der Waals surface area contributed by atoms with Crippen molar-refractivity contribution >= 4 is 34.3 Å². The lowest BCUT2D eigenvalue weighted by molar-refractivity contribution is -0.147. The highest BCUT2D eigenvalue weighted by molar-refractivity contribution is 5.97. The monoisotopic (exact) mass is 564 g/mol. The average molecular weight is 565 g/mol. The highest BCUT2D eigenvalue weighted by Crippen LogP contribution is 2.50. The Kier molecular flexibility index (Phi) is 7.58. The van der Waals surface area contributed by atoms with E-state index in [1.165, 1.54) is 0 Å². The molecule has 6 rings (SSSR count). The number of hydroxylamine groups is 1. The summed E-state index contributed by atoms with van der Waals surface area (Å²) in [6.07, 6.45) is 3.54. The maximum atomic E-state index is 13.6. The van der Waals surface area contributed by atoms with Crippen molar-refractivity contribution in [3.05, 3.63) is 102 Å². The SMILES string of the molecule is O=C(NO)[C@H]1CN(C(=O)C2(c3ccccc3)CC2)CC[C@@H]1C(=O)Nc1ccc(COc2ccnc3ccccc23)cc1. The number of benzene rings is 3. The first-order valence-corrected chi connectivity index (χ1v) is 14.1. The number of carbonyl (C=O) groups excluding carboxylic acids is 3. The van der Waals surface area contributed by atoms with Crippen molar-refractivity contribution in [3.8, 4) is 5.75 Å². The summed E-state index contributed by atoms with van der Waals surface area (Å²) in [5.41, 5.74) is 4.48. The van der Waals surface area contributed by atoms with Crippen LogP contribution in [0.15, 0.2) is 91.1 Å². The fourth-order valence-electron chi connectivity index (χ4n) is 5.89. The van der Waals surface area contributed by atoms with Crippen molar-refractivity contribution in [2.24, 2.45) is 11.8 Å². The van der Waals surface area contributed by atoms with Gasteiger partial charge in [-0.25, -0.2) is 5.48 Å². The zero-order valence-corrected chi connectivity index (χ0v) is 23.0. The van der Waals surface area contributed by atoms with Crippen molar-refractivity contribution in [1.82, 2.24) is 15.4 Å². The van der Waals surface area contributed by atoms with Gasteiger partial charge in [0, 0.05) is 30.4 Å². The second kappa shape index (κ2) is 11.6. The number of pyridine rings is 1. The number of carbonyl (C=O) groups is 3. The van der Waals surface area contributed by atoms with Gasteiger partial charge in [0.1, 0.15) is 12.4 Å². The molecular formula is C33H32N4O5. The quantitative estimate of drug-likeness (QED) is 0.215. The minimum absolute atomic E-state index is 0.0270. The number of aromatic nitrogens is 1. The largest absolute Gasteiger partial charge is 0.488 e. The van der Waals surface area contributed by atoms with Crippen molar-refractivity contribution in [2.75, 3.05) is 18.4 Å². The molecule has 3 N–H and O–H groups in total. The molecule has 2 aliphatic rings. The van der Waals surface area contributed by atoms with Gasteiger partial charge in [-0.05, 0) is 60.7 Å². The highest BCUT2D eigenvalue weighted by Gasteiger charge is 2.54. The van der Waals surface area contributed by atoms with Gasteiger partial charge in [0.2, 0.25) is 17.7 Å². The number of nitrogens with one attached hydrogen (secondary N) is 2. The van der Waals surface area contributed by atoms with E-state index >= 15 is 0 Å². The molecular weight excluding hydrogens is 532 g/mol. The van der Waals surface area contributed by atoms with Crippen LogP contribution in [0.5, 0.6) is 5.75 Å². The molecule has 1 aliphatic heterocycles. The van der Waals surface area contributed by atoms with Crippen molar-refractivity contribution in [1.29, 1.82) is 0 Å². The molecule has 3 aromatic carbocycles. The predicted molar refractivity (Wildman–Crippen MR) is 157 cm³/mol. The van der Waals surface area contributed by atoms with Gasteiger partial charge in [0.25, 0.3) is 0 Å². The van der Waals surface area contributed by atoms with Gasteiger partial charge >= 0.3 is 0 Å². The number of rotatable bonds is 8. The van der Waals surface area contributed by atoms with E-state index in [0.717, 1.165) is 40.6 Å². The number of ether oxygens (including phenoxy) is 1. The van der Waals surface area contributed by atoms with E-state index in [9.17, 15) is 19.6 Å². The summed E-state index contributed by atoms with van der Waals surface area (Å²) in [6, 6.07) is 26.6. The molecule has 9 nitrogen and oxygen atoms in total. The van der Waals surface area contributed by atoms with Gasteiger partial charge in [0.15, 0.2) is 0 Å².